The second-order valence-corrected chi connectivity index (χ2v) is 4.51. The zero-order valence-electron chi connectivity index (χ0n) is 9.63. The highest BCUT2D eigenvalue weighted by Gasteiger charge is 2.21. The number of nitrogens with two attached hydrogens (primary N) is 1. The first-order chi connectivity index (χ1) is 7.70. The van der Waals surface area contributed by atoms with Crippen LogP contribution < -0.4 is 10.6 Å². The smallest absolute Gasteiger partial charge is 0.0569 e. The van der Waals surface area contributed by atoms with Crippen LogP contribution in [0.25, 0.3) is 0 Å². The molecule has 4 nitrogen and oxygen atoms in total. The summed E-state index contributed by atoms with van der Waals surface area (Å²) in [6, 6.07) is 4.02. The van der Waals surface area contributed by atoms with Gasteiger partial charge in [-0.1, -0.05) is 0 Å². The molecule has 1 aliphatic heterocycles. The van der Waals surface area contributed by atoms with E-state index in [4.69, 9.17) is 10.8 Å². The van der Waals surface area contributed by atoms with Crippen LogP contribution in [0, 0.1) is 5.92 Å². The fourth-order valence-corrected chi connectivity index (χ4v) is 2.07. The molecule has 0 amide bonds. The van der Waals surface area contributed by atoms with E-state index in [1.54, 1.807) is 0 Å². The molecule has 88 valence electrons. The van der Waals surface area contributed by atoms with Crippen molar-refractivity contribution < 1.29 is 5.11 Å². The molecule has 4 heteroatoms. The third-order valence-corrected chi connectivity index (χ3v) is 3.15. The maximum absolute atomic E-state index is 9.09. The Morgan fingerprint density at radius 2 is 2.44 bits per heavy atom. The van der Waals surface area contributed by atoms with Gasteiger partial charge in [-0.15, -0.1) is 0 Å². The molecule has 1 aromatic rings. The first-order valence-electron chi connectivity index (χ1n) is 5.78. The zero-order valence-corrected chi connectivity index (χ0v) is 9.63. The van der Waals surface area contributed by atoms with E-state index >= 15 is 0 Å². The molecule has 3 N–H and O–H groups in total. The largest absolute Gasteiger partial charge is 0.396 e. The summed E-state index contributed by atoms with van der Waals surface area (Å²) in [5.74, 6) is 0.410. The highest BCUT2D eigenvalue weighted by Crippen LogP contribution is 2.23. The topological polar surface area (TPSA) is 62.4 Å². The van der Waals surface area contributed by atoms with E-state index in [2.05, 4.69) is 16.0 Å². The molecule has 0 aromatic carbocycles. The summed E-state index contributed by atoms with van der Waals surface area (Å²) in [6.07, 6.45) is 2.93. The molecular formula is C12H19N3O. The molecule has 1 unspecified atom stereocenters. The normalized spacial score (nSPS) is 22.4. The van der Waals surface area contributed by atoms with Gasteiger partial charge >= 0.3 is 0 Å². The van der Waals surface area contributed by atoms with Crippen LogP contribution in [-0.4, -0.2) is 29.8 Å². The van der Waals surface area contributed by atoms with Gasteiger partial charge in [0, 0.05) is 31.7 Å². The molecule has 2 atom stereocenters. The minimum Gasteiger partial charge on any atom is -0.396 e. The van der Waals surface area contributed by atoms with Crippen LogP contribution in [0.5, 0.6) is 0 Å². The molecule has 1 aromatic heterocycles. The maximum Gasteiger partial charge on any atom is 0.0569 e. The third-order valence-electron chi connectivity index (χ3n) is 3.15. The summed E-state index contributed by atoms with van der Waals surface area (Å²) < 4.78 is 0. The molecule has 16 heavy (non-hydrogen) atoms. The summed E-state index contributed by atoms with van der Waals surface area (Å²) in [7, 11) is 0. The SMILES string of the molecule is C[C@H](N)c1ccc(N2CCC(CO)C2)cn1. The Morgan fingerprint density at radius 3 is 2.94 bits per heavy atom. The van der Waals surface area contributed by atoms with Gasteiger partial charge in [0.05, 0.1) is 17.6 Å². The van der Waals surface area contributed by atoms with Gasteiger partial charge in [0.2, 0.25) is 0 Å². The van der Waals surface area contributed by atoms with E-state index in [1.807, 2.05) is 19.2 Å². The summed E-state index contributed by atoms with van der Waals surface area (Å²) in [6.45, 7) is 4.14. The summed E-state index contributed by atoms with van der Waals surface area (Å²) in [5.41, 5.74) is 7.80. The van der Waals surface area contributed by atoms with Gasteiger partial charge in [0.15, 0.2) is 0 Å². The van der Waals surface area contributed by atoms with Crippen LogP contribution in [0.1, 0.15) is 25.1 Å². The molecule has 0 aliphatic carbocycles. The Kier molecular flexibility index (Phi) is 3.41. The van der Waals surface area contributed by atoms with Crippen LogP contribution in [0.2, 0.25) is 0 Å². The average molecular weight is 221 g/mol. The fraction of sp³-hybridized carbons (Fsp3) is 0.583. The van der Waals surface area contributed by atoms with Crippen LogP contribution in [-0.2, 0) is 0 Å². The van der Waals surface area contributed by atoms with Gasteiger partial charge in [-0.25, -0.2) is 0 Å². The highest BCUT2D eigenvalue weighted by atomic mass is 16.3. The van der Waals surface area contributed by atoms with Gasteiger partial charge < -0.3 is 15.7 Å². The lowest BCUT2D eigenvalue weighted by atomic mass is 10.1. The average Bonchev–Trinajstić information content (AvgIpc) is 2.77. The molecule has 0 bridgehead atoms. The van der Waals surface area contributed by atoms with Crippen molar-refractivity contribution in [1.29, 1.82) is 0 Å². The predicted octanol–water partition coefficient (Wildman–Crippen LogP) is 0.920. The van der Waals surface area contributed by atoms with E-state index in [0.717, 1.165) is 30.9 Å². The van der Waals surface area contributed by atoms with Crippen LogP contribution in [0.15, 0.2) is 18.3 Å². The number of anilines is 1. The number of nitrogens with zero attached hydrogens (tertiary/aromatic N) is 2. The molecule has 1 saturated heterocycles. The van der Waals surface area contributed by atoms with Crippen LogP contribution in [0.3, 0.4) is 0 Å². The Hall–Kier alpha value is -1.13. The van der Waals surface area contributed by atoms with Crippen LogP contribution >= 0.6 is 0 Å². The van der Waals surface area contributed by atoms with E-state index in [0.29, 0.717) is 5.92 Å². The lowest BCUT2D eigenvalue weighted by Crippen LogP contribution is -2.21. The fourth-order valence-electron chi connectivity index (χ4n) is 2.07. The highest BCUT2D eigenvalue weighted by molar-refractivity contribution is 5.45. The van der Waals surface area contributed by atoms with E-state index in [-0.39, 0.29) is 12.6 Å². The third kappa shape index (κ3) is 2.33. The van der Waals surface area contributed by atoms with Crippen molar-refractivity contribution >= 4 is 5.69 Å². The molecule has 0 saturated carbocycles. The Balaban J connectivity index is 2.05. The van der Waals surface area contributed by atoms with Crippen molar-refractivity contribution in [1.82, 2.24) is 4.98 Å². The predicted molar refractivity (Wildman–Crippen MR) is 64.2 cm³/mol. The van der Waals surface area contributed by atoms with Crippen molar-refractivity contribution in [3.05, 3.63) is 24.0 Å². The molecule has 2 heterocycles. The number of aliphatic hydroxyl groups is 1. The number of hydrogen-bond acceptors (Lipinski definition) is 4. The van der Waals surface area contributed by atoms with Crippen molar-refractivity contribution in [3.63, 3.8) is 0 Å². The van der Waals surface area contributed by atoms with E-state index in [1.165, 1.54) is 0 Å². The quantitative estimate of drug-likeness (QED) is 0.796. The molecule has 0 spiro atoms. The second kappa shape index (κ2) is 4.80. The first kappa shape index (κ1) is 11.4. The number of aromatic nitrogens is 1. The van der Waals surface area contributed by atoms with Gasteiger partial charge in [-0.3, -0.25) is 4.98 Å². The Morgan fingerprint density at radius 1 is 1.62 bits per heavy atom. The molecule has 1 fully saturated rings. The van der Waals surface area contributed by atoms with E-state index in [9.17, 15) is 0 Å². The molecular weight excluding hydrogens is 202 g/mol. The second-order valence-electron chi connectivity index (χ2n) is 4.51. The molecule has 0 radical (unpaired) electrons. The van der Waals surface area contributed by atoms with Gasteiger partial charge in [-0.05, 0) is 25.5 Å². The van der Waals surface area contributed by atoms with Crippen molar-refractivity contribution in [2.45, 2.75) is 19.4 Å². The summed E-state index contributed by atoms with van der Waals surface area (Å²) in [4.78, 5) is 6.61. The van der Waals surface area contributed by atoms with Crippen molar-refractivity contribution in [2.75, 3.05) is 24.6 Å². The number of rotatable bonds is 3. The molecule has 1 aliphatic rings. The minimum atomic E-state index is -0.0159. The Labute approximate surface area is 96.1 Å². The standard InChI is InChI=1S/C12H19N3O/c1-9(13)12-3-2-11(6-14-12)15-5-4-10(7-15)8-16/h2-3,6,9-10,16H,4-5,7-8,13H2,1H3/t9-,10?/m0/s1. The van der Waals surface area contributed by atoms with Crippen LogP contribution in [0.4, 0.5) is 5.69 Å². The monoisotopic (exact) mass is 221 g/mol. The first-order valence-corrected chi connectivity index (χ1v) is 5.78. The van der Waals surface area contributed by atoms with Gasteiger partial charge in [0.1, 0.15) is 0 Å². The Bertz CT molecular complexity index is 337. The van der Waals surface area contributed by atoms with E-state index < -0.39 is 0 Å². The lowest BCUT2D eigenvalue weighted by molar-refractivity contribution is 0.238. The summed E-state index contributed by atoms with van der Waals surface area (Å²) in [5, 5.41) is 9.09. The summed E-state index contributed by atoms with van der Waals surface area (Å²) >= 11 is 0. The number of aliphatic hydroxyl groups excluding tert-OH is 1. The van der Waals surface area contributed by atoms with Crippen molar-refractivity contribution in [2.24, 2.45) is 11.7 Å². The maximum atomic E-state index is 9.09. The van der Waals surface area contributed by atoms with Gasteiger partial charge in [0.25, 0.3) is 0 Å². The zero-order chi connectivity index (χ0) is 11.5. The molecule has 2 rings (SSSR count). The van der Waals surface area contributed by atoms with Gasteiger partial charge in [-0.2, -0.15) is 0 Å². The minimum absolute atomic E-state index is 0.0159. The van der Waals surface area contributed by atoms with Crippen molar-refractivity contribution in [3.8, 4) is 0 Å². The lowest BCUT2D eigenvalue weighted by Gasteiger charge is -2.18. The number of pyridine rings is 1. The number of hydrogen-bond donors (Lipinski definition) is 2.